The van der Waals surface area contributed by atoms with Gasteiger partial charge in [-0.05, 0) is 396 Å². The van der Waals surface area contributed by atoms with Crippen molar-refractivity contribution < 1.29 is 58.8 Å². The Morgan fingerprint density at radius 2 is 0.508 bits per heavy atom. The van der Waals surface area contributed by atoms with E-state index >= 15 is 0 Å². The summed E-state index contributed by atoms with van der Waals surface area (Å²) in [6.07, 6.45) is 59.7. The molecule has 124 heavy (non-hydrogen) atoms. The van der Waals surface area contributed by atoms with Crippen LogP contribution in [0.4, 0.5) is 0 Å². The molecule has 12 heteroatoms. The molecule has 0 amide bonds. The van der Waals surface area contributed by atoms with Crippen LogP contribution in [0.25, 0.3) is 0 Å². The molecule has 4 aliphatic carbocycles. The maximum Gasteiger partial charge on any atom is 0.185 e. The number of hydrogen-bond acceptors (Lipinski definition) is 12. The van der Waals surface area contributed by atoms with Gasteiger partial charge in [-0.2, -0.15) is 0 Å². The van der Waals surface area contributed by atoms with E-state index < -0.39 is 22.4 Å². The molecule has 0 heterocycles. The summed E-state index contributed by atoms with van der Waals surface area (Å²) in [5.74, 6) is -0.650. The van der Waals surface area contributed by atoms with Crippen LogP contribution < -0.4 is 0 Å². The van der Waals surface area contributed by atoms with E-state index in [1.165, 1.54) is 91.2 Å². The Morgan fingerprint density at radius 3 is 0.823 bits per heavy atom. The van der Waals surface area contributed by atoms with Crippen molar-refractivity contribution in [2.24, 2.45) is 0 Å². The lowest BCUT2D eigenvalue weighted by Gasteiger charge is -2.25. The summed E-state index contributed by atoms with van der Waals surface area (Å²) in [7, 11) is 0. The predicted octanol–water partition coefficient (Wildman–Crippen LogP) is 28.5. The van der Waals surface area contributed by atoms with Crippen LogP contribution in [0.2, 0.25) is 0 Å². The van der Waals surface area contributed by atoms with Gasteiger partial charge in [0.2, 0.25) is 0 Å². The molecule has 688 valence electrons. The molecule has 0 aromatic heterocycles. The third-order valence-corrected chi connectivity index (χ3v) is 25.0. The van der Waals surface area contributed by atoms with E-state index in [9.17, 15) is 58.8 Å². The molecule has 12 nitrogen and oxygen atoms in total. The predicted molar refractivity (Wildman–Crippen MR) is 524 cm³/mol. The first-order chi connectivity index (χ1) is 57.9. The summed E-state index contributed by atoms with van der Waals surface area (Å²) >= 11 is 0. The SMILES string of the molecule is CC/C(C)=C/CC/C(C)=C/CC/C(C)=C/CC(C)(O)CCC1=C(C)C(=O)C(C)=C(C)C1=O.CC/C(C)=C/CC/C(C)=C/CC/C(C)=C/CC(C)(O)CCC1=C(C)C(=O)C(C)=CC1=O.CC/C(C)=C/CC/C(C)=C/CC/C(C)=C/CC(C)(O)CCC1=CC(=O)C(C)=C(C)C1=O.CC/C(C)=C/CC/C(C)=C/CC/C(C)=C/CC(C)(O)CCC1=CC(=O)C=C(C)C1=O. The minimum absolute atomic E-state index is 0.0487. The maximum atomic E-state index is 12.6. The van der Waals surface area contributed by atoms with Gasteiger partial charge in [-0.15, -0.1) is 0 Å². The van der Waals surface area contributed by atoms with Crippen molar-refractivity contribution in [3.8, 4) is 0 Å². The number of ketones is 8. The number of aliphatic hydroxyl groups is 4. The Kier molecular flexibility index (Phi) is 53.7. The van der Waals surface area contributed by atoms with Gasteiger partial charge in [0.05, 0.1) is 22.4 Å². The molecule has 4 N–H and O–H groups in total. The summed E-state index contributed by atoms with van der Waals surface area (Å²) in [6.45, 7) is 55.5. The number of hydrogen-bond donors (Lipinski definition) is 4. The topological polar surface area (TPSA) is 217 Å². The third-order valence-electron chi connectivity index (χ3n) is 25.0. The number of carbonyl (C=O) groups excluding carboxylic acids is 8. The van der Waals surface area contributed by atoms with Crippen molar-refractivity contribution in [3.05, 3.63) is 231 Å². The second-order valence-corrected chi connectivity index (χ2v) is 37.6. The Hall–Kier alpha value is -8.00. The second-order valence-electron chi connectivity index (χ2n) is 37.6. The van der Waals surface area contributed by atoms with E-state index in [0.717, 1.165) is 128 Å². The van der Waals surface area contributed by atoms with Crippen LogP contribution in [0.3, 0.4) is 0 Å². The summed E-state index contributed by atoms with van der Waals surface area (Å²) < 4.78 is 0. The number of rotatable bonds is 48. The fourth-order valence-electron chi connectivity index (χ4n) is 14.2. The molecule has 0 aromatic rings. The monoisotopic (exact) mass is 1710 g/mol. The highest BCUT2D eigenvalue weighted by atomic mass is 16.3. The highest BCUT2D eigenvalue weighted by molar-refractivity contribution is 6.25. The van der Waals surface area contributed by atoms with Crippen molar-refractivity contribution in [3.63, 3.8) is 0 Å². The average molecular weight is 1710 g/mol. The lowest BCUT2D eigenvalue weighted by molar-refractivity contribution is -0.116. The molecule has 4 rings (SSSR count). The Labute approximate surface area is 753 Å². The highest BCUT2D eigenvalue weighted by Gasteiger charge is 2.32. The number of Topliss-reactive ketones (excluding diaryl/α,β-unsaturated/α-hetero) is 5. The van der Waals surface area contributed by atoms with E-state index in [-0.39, 0.29) is 46.3 Å². The van der Waals surface area contributed by atoms with E-state index in [0.29, 0.717) is 144 Å². The summed E-state index contributed by atoms with van der Waals surface area (Å²) in [4.78, 5) is 97.4. The van der Waals surface area contributed by atoms with Crippen molar-refractivity contribution in [2.45, 2.75) is 422 Å². The zero-order valence-electron chi connectivity index (χ0n) is 82.9. The van der Waals surface area contributed by atoms with E-state index in [1.54, 1.807) is 76.2 Å². The van der Waals surface area contributed by atoms with Crippen LogP contribution in [-0.2, 0) is 38.4 Å². The van der Waals surface area contributed by atoms with Gasteiger partial charge in [0.25, 0.3) is 0 Å². The second kappa shape index (κ2) is 58.4. The first-order valence-electron chi connectivity index (χ1n) is 46.5. The highest BCUT2D eigenvalue weighted by Crippen LogP contribution is 2.34. The van der Waals surface area contributed by atoms with Gasteiger partial charge in [0, 0.05) is 66.9 Å². The minimum Gasteiger partial charge on any atom is -0.390 e. The third kappa shape index (κ3) is 47.0. The molecule has 0 bridgehead atoms. The van der Waals surface area contributed by atoms with Crippen LogP contribution >= 0.6 is 0 Å². The van der Waals surface area contributed by atoms with Crippen LogP contribution in [0.1, 0.15) is 399 Å². The van der Waals surface area contributed by atoms with Crippen molar-refractivity contribution >= 4 is 46.3 Å². The number of carbonyl (C=O) groups is 8. The van der Waals surface area contributed by atoms with Crippen molar-refractivity contribution in [1.29, 1.82) is 0 Å². The van der Waals surface area contributed by atoms with E-state index in [2.05, 4.69) is 184 Å². The van der Waals surface area contributed by atoms with Gasteiger partial charge in [-0.25, -0.2) is 0 Å². The van der Waals surface area contributed by atoms with Gasteiger partial charge < -0.3 is 20.4 Å². The molecule has 0 aliphatic heterocycles. The summed E-state index contributed by atoms with van der Waals surface area (Å²) in [5, 5.41) is 43.0. The molecule has 4 unspecified atom stereocenters. The fraction of sp³-hybridized carbons (Fsp3) is 0.571. The van der Waals surface area contributed by atoms with Crippen LogP contribution in [0.5, 0.6) is 0 Å². The molecule has 0 saturated carbocycles. The quantitative estimate of drug-likeness (QED) is 0.0330. The average Bonchev–Trinajstić information content (AvgIpc) is 0.802. The van der Waals surface area contributed by atoms with Gasteiger partial charge in [0.1, 0.15) is 0 Å². The van der Waals surface area contributed by atoms with Gasteiger partial charge in [-0.1, -0.05) is 167 Å². The largest absolute Gasteiger partial charge is 0.390 e. The van der Waals surface area contributed by atoms with Crippen LogP contribution in [0, 0.1) is 0 Å². The van der Waals surface area contributed by atoms with E-state index in [4.69, 9.17) is 0 Å². The lowest BCUT2D eigenvalue weighted by Crippen LogP contribution is -2.26. The normalized spacial score (nSPS) is 18.5. The lowest BCUT2D eigenvalue weighted by atomic mass is 9.82. The van der Waals surface area contributed by atoms with Gasteiger partial charge >= 0.3 is 0 Å². The first kappa shape index (κ1) is 114. The molecule has 4 atom stereocenters. The first-order valence-corrected chi connectivity index (χ1v) is 46.5. The Balaban J connectivity index is 0.000000827. The van der Waals surface area contributed by atoms with Crippen molar-refractivity contribution in [2.75, 3.05) is 0 Å². The van der Waals surface area contributed by atoms with Crippen LogP contribution in [0.15, 0.2) is 231 Å². The summed E-state index contributed by atoms with van der Waals surface area (Å²) in [5.41, 5.74) is 19.3. The molecule has 0 aromatic carbocycles. The Morgan fingerprint density at radius 1 is 0.258 bits per heavy atom. The molecule has 0 fully saturated rings. The molecular formula is C112H168O12. The van der Waals surface area contributed by atoms with Gasteiger partial charge in [0.15, 0.2) is 46.3 Å². The summed E-state index contributed by atoms with van der Waals surface area (Å²) in [6, 6.07) is 0. The van der Waals surface area contributed by atoms with E-state index in [1.807, 2.05) is 6.92 Å². The van der Waals surface area contributed by atoms with Gasteiger partial charge in [-0.3, -0.25) is 38.4 Å². The smallest absolute Gasteiger partial charge is 0.185 e. The molecule has 4 aliphatic rings. The number of allylic oxidation sites excluding steroid dienone is 36. The maximum absolute atomic E-state index is 12.6. The standard InChI is InChI=1S/C29H44O3.2C28H42O3.C27H40O3/c1-9-20(2)12-10-13-21(3)14-11-15-22(4)16-18-29(8,32)19-17-26-25(7)27(30)23(5)24(6)28(26)31;1-8-20(2)11-9-12-21(3)13-10-14-22(4)15-17-28(7,31)18-16-25-19-26(29)23(5)24(6)27(25)30;1-8-20(2)11-9-12-21(3)13-10-14-22(4)15-17-28(7,31)18-16-25-24(6)27(30)23(5)19-26(25)29;1-7-20(2)10-8-11-21(3)12-9-13-22(4)14-16-27(6,30)17-15-24-19-25(28)18-23(5)26(24)29/h12,14,16,32H,9-11,13,15,17-19H2,1-8H3;2*11,13,15,19,31H,8-10,12,14,16-18H2,1-7H3;10,12,14,18-19,30H,7-9,11,13,15-17H2,1-6H3/b20-12+,21-14+,22-16+;2*20-11+,21-13+,22-15+;20-10+,21-12+,22-14+. The van der Waals surface area contributed by atoms with Crippen LogP contribution in [-0.4, -0.2) is 89.1 Å². The molecule has 0 spiro atoms. The molecule has 0 saturated heterocycles. The molecular weight excluding hydrogens is 1540 g/mol. The minimum atomic E-state index is -0.906. The Bertz CT molecular complexity index is 4360. The zero-order valence-corrected chi connectivity index (χ0v) is 82.9. The van der Waals surface area contributed by atoms with Crippen molar-refractivity contribution in [1.82, 2.24) is 0 Å². The zero-order chi connectivity index (χ0) is 94.4. The fourth-order valence-corrected chi connectivity index (χ4v) is 14.2. The molecule has 0 radical (unpaired) electrons.